The Morgan fingerprint density at radius 3 is 1.67 bits per heavy atom. The van der Waals surface area contributed by atoms with Crippen molar-refractivity contribution in [3.63, 3.8) is 0 Å². The molecule has 0 aromatic heterocycles. The summed E-state index contributed by atoms with van der Waals surface area (Å²) in [6.07, 6.45) is 6.82. The fraction of sp³-hybridized carbons (Fsp3) is 1.00. The third-order valence-corrected chi connectivity index (χ3v) is 2.56. The maximum Gasteiger partial charge on any atom is 0.0193 e. The molecule has 1 aliphatic heterocycles. The molecule has 1 aliphatic rings. The zero-order valence-electron chi connectivity index (χ0n) is 9.24. The van der Waals surface area contributed by atoms with Gasteiger partial charge in [0.25, 0.3) is 0 Å². The van der Waals surface area contributed by atoms with Crippen LogP contribution in [0, 0.1) is 0 Å². The van der Waals surface area contributed by atoms with E-state index in [1.54, 1.807) is 0 Å². The van der Waals surface area contributed by atoms with E-state index in [-0.39, 0.29) is 0 Å². The molecule has 1 fully saturated rings. The summed E-state index contributed by atoms with van der Waals surface area (Å²) in [5, 5.41) is 3.56. The second-order valence-corrected chi connectivity index (χ2v) is 3.46. The van der Waals surface area contributed by atoms with E-state index in [1.165, 1.54) is 38.6 Å². The molecular formula is C11H25N. The van der Waals surface area contributed by atoms with Gasteiger partial charge in [-0.05, 0) is 25.8 Å². The molecule has 0 aromatic rings. The molecule has 1 saturated heterocycles. The Balaban J connectivity index is 0.000000561. The SMILES string of the molecule is CC.CCCC1(CCC)CCN1. The van der Waals surface area contributed by atoms with Crippen LogP contribution >= 0.6 is 0 Å². The highest BCUT2D eigenvalue weighted by molar-refractivity contribution is 4.95. The van der Waals surface area contributed by atoms with Crippen molar-refractivity contribution in [2.45, 2.75) is 65.3 Å². The Morgan fingerprint density at radius 1 is 1.08 bits per heavy atom. The average molecular weight is 171 g/mol. The van der Waals surface area contributed by atoms with Crippen LogP contribution in [0.1, 0.15) is 59.8 Å². The molecule has 0 saturated carbocycles. The van der Waals surface area contributed by atoms with Crippen molar-refractivity contribution in [3.8, 4) is 0 Å². The third kappa shape index (κ3) is 3.14. The highest BCUT2D eigenvalue weighted by Crippen LogP contribution is 2.29. The highest BCUT2D eigenvalue weighted by Gasteiger charge is 2.33. The lowest BCUT2D eigenvalue weighted by Gasteiger charge is -2.43. The van der Waals surface area contributed by atoms with Crippen LogP contribution < -0.4 is 5.32 Å². The summed E-state index contributed by atoms with van der Waals surface area (Å²) < 4.78 is 0. The minimum atomic E-state index is 0.573. The van der Waals surface area contributed by atoms with Gasteiger partial charge in [-0.15, -0.1) is 0 Å². The Bertz CT molecular complexity index is 87.2. The van der Waals surface area contributed by atoms with Crippen molar-refractivity contribution in [2.75, 3.05) is 6.54 Å². The number of nitrogens with one attached hydrogen (secondary N) is 1. The maximum absolute atomic E-state index is 3.56. The first-order valence-electron chi connectivity index (χ1n) is 5.58. The molecule has 0 unspecified atom stereocenters. The zero-order valence-corrected chi connectivity index (χ0v) is 9.24. The predicted octanol–water partition coefficient (Wildman–Crippen LogP) is 3.34. The summed E-state index contributed by atoms with van der Waals surface area (Å²) in [6, 6.07) is 0. The first-order valence-corrected chi connectivity index (χ1v) is 5.58. The number of hydrogen-bond acceptors (Lipinski definition) is 1. The minimum Gasteiger partial charge on any atom is -0.311 e. The third-order valence-electron chi connectivity index (χ3n) is 2.56. The van der Waals surface area contributed by atoms with Crippen LogP contribution in [-0.2, 0) is 0 Å². The standard InChI is InChI=1S/C9H19N.C2H6/c1-3-5-9(6-4-2)7-8-10-9;1-2/h10H,3-8H2,1-2H3;1-2H3. The summed E-state index contributed by atoms with van der Waals surface area (Å²) in [6.45, 7) is 9.80. The molecule has 0 bridgehead atoms. The van der Waals surface area contributed by atoms with E-state index in [4.69, 9.17) is 0 Å². The Labute approximate surface area is 77.9 Å². The van der Waals surface area contributed by atoms with E-state index in [9.17, 15) is 0 Å². The topological polar surface area (TPSA) is 12.0 Å². The molecule has 0 spiro atoms. The highest BCUT2D eigenvalue weighted by atomic mass is 15.0. The Morgan fingerprint density at radius 2 is 1.50 bits per heavy atom. The van der Waals surface area contributed by atoms with Gasteiger partial charge in [0.15, 0.2) is 0 Å². The quantitative estimate of drug-likeness (QED) is 0.684. The van der Waals surface area contributed by atoms with Crippen molar-refractivity contribution >= 4 is 0 Å². The molecule has 1 heterocycles. The summed E-state index contributed by atoms with van der Waals surface area (Å²) in [7, 11) is 0. The van der Waals surface area contributed by atoms with Crippen LogP contribution in [0.3, 0.4) is 0 Å². The van der Waals surface area contributed by atoms with Gasteiger partial charge in [-0.2, -0.15) is 0 Å². The molecule has 0 amide bonds. The molecule has 1 heteroatoms. The molecule has 0 radical (unpaired) electrons. The van der Waals surface area contributed by atoms with E-state index in [2.05, 4.69) is 19.2 Å². The van der Waals surface area contributed by atoms with Crippen LogP contribution in [0.5, 0.6) is 0 Å². The van der Waals surface area contributed by atoms with Crippen molar-refractivity contribution < 1.29 is 0 Å². The molecule has 12 heavy (non-hydrogen) atoms. The second-order valence-electron chi connectivity index (χ2n) is 3.46. The van der Waals surface area contributed by atoms with Gasteiger partial charge in [-0.3, -0.25) is 0 Å². The molecule has 1 nitrogen and oxygen atoms in total. The van der Waals surface area contributed by atoms with Crippen LogP contribution in [0.15, 0.2) is 0 Å². The van der Waals surface area contributed by atoms with Gasteiger partial charge in [0.2, 0.25) is 0 Å². The molecule has 0 aromatic carbocycles. The zero-order chi connectivity index (χ0) is 9.45. The predicted molar refractivity (Wildman–Crippen MR) is 56.5 cm³/mol. The molecule has 0 atom stereocenters. The van der Waals surface area contributed by atoms with Crippen LogP contribution in [-0.4, -0.2) is 12.1 Å². The molecular weight excluding hydrogens is 146 g/mol. The lowest BCUT2D eigenvalue weighted by Crippen LogP contribution is -2.56. The van der Waals surface area contributed by atoms with Gasteiger partial charge in [0.05, 0.1) is 0 Å². The van der Waals surface area contributed by atoms with Gasteiger partial charge < -0.3 is 5.32 Å². The Kier molecular flexibility index (Phi) is 6.45. The average Bonchev–Trinajstić information content (AvgIpc) is 2.05. The van der Waals surface area contributed by atoms with Gasteiger partial charge >= 0.3 is 0 Å². The van der Waals surface area contributed by atoms with Crippen molar-refractivity contribution in [2.24, 2.45) is 0 Å². The van der Waals surface area contributed by atoms with Gasteiger partial charge in [0, 0.05) is 5.54 Å². The first-order chi connectivity index (χ1) is 5.83. The second kappa shape index (κ2) is 6.47. The summed E-state index contributed by atoms with van der Waals surface area (Å²) in [4.78, 5) is 0. The van der Waals surface area contributed by atoms with Gasteiger partial charge in [-0.1, -0.05) is 40.5 Å². The van der Waals surface area contributed by atoms with Crippen LogP contribution in [0.25, 0.3) is 0 Å². The molecule has 1 rings (SSSR count). The monoisotopic (exact) mass is 171 g/mol. The summed E-state index contributed by atoms with van der Waals surface area (Å²) in [5.41, 5.74) is 0.573. The molecule has 74 valence electrons. The van der Waals surface area contributed by atoms with E-state index < -0.39 is 0 Å². The largest absolute Gasteiger partial charge is 0.311 e. The number of rotatable bonds is 4. The van der Waals surface area contributed by atoms with E-state index in [0.717, 1.165) is 0 Å². The maximum atomic E-state index is 3.56. The normalized spacial score (nSPS) is 19.0. The summed E-state index contributed by atoms with van der Waals surface area (Å²) >= 11 is 0. The minimum absolute atomic E-state index is 0.573. The Hall–Kier alpha value is -0.0400. The van der Waals surface area contributed by atoms with Crippen LogP contribution in [0.2, 0.25) is 0 Å². The van der Waals surface area contributed by atoms with Crippen molar-refractivity contribution in [3.05, 3.63) is 0 Å². The van der Waals surface area contributed by atoms with E-state index in [0.29, 0.717) is 5.54 Å². The molecule has 1 N–H and O–H groups in total. The fourth-order valence-electron chi connectivity index (χ4n) is 1.99. The van der Waals surface area contributed by atoms with E-state index >= 15 is 0 Å². The smallest absolute Gasteiger partial charge is 0.0193 e. The van der Waals surface area contributed by atoms with Gasteiger partial charge in [-0.25, -0.2) is 0 Å². The summed E-state index contributed by atoms with van der Waals surface area (Å²) in [5.74, 6) is 0. The lowest BCUT2D eigenvalue weighted by atomic mass is 9.80. The first kappa shape index (κ1) is 12.0. The van der Waals surface area contributed by atoms with E-state index in [1.807, 2.05) is 13.8 Å². The number of hydrogen-bond donors (Lipinski definition) is 1. The molecule has 0 aliphatic carbocycles. The lowest BCUT2D eigenvalue weighted by molar-refractivity contribution is 0.174. The van der Waals surface area contributed by atoms with Crippen molar-refractivity contribution in [1.82, 2.24) is 5.32 Å². The fourth-order valence-corrected chi connectivity index (χ4v) is 1.99. The van der Waals surface area contributed by atoms with Crippen molar-refractivity contribution in [1.29, 1.82) is 0 Å². The van der Waals surface area contributed by atoms with Crippen LogP contribution in [0.4, 0.5) is 0 Å². The van der Waals surface area contributed by atoms with Gasteiger partial charge in [0.1, 0.15) is 0 Å².